The molecule has 0 spiro atoms. The number of allylic oxidation sites excluding steroid dienone is 2. The molecule has 0 aromatic heterocycles. The molecule has 0 atom stereocenters. The molecule has 3 aromatic rings. The van der Waals surface area contributed by atoms with Crippen molar-refractivity contribution < 1.29 is 19.8 Å². The molecule has 0 unspecified atom stereocenters. The average Bonchev–Trinajstić information content (AvgIpc) is 2.85. The van der Waals surface area contributed by atoms with E-state index in [0.29, 0.717) is 22.5 Å². The van der Waals surface area contributed by atoms with E-state index in [2.05, 4.69) is 20.5 Å². The molecule has 0 radical (unpaired) electrons. The number of rotatable bonds is 8. The van der Waals surface area contributed by atoms with Crippen LogP contribution in [0, 0.1) is 0 Å². The van der Waals surface area contributed by atoms with Gasteiger partial charge in [0.1, 0.15) is 0 Å². The van der Waals surface area contributed by atoms with Gasteiger partial charge in [-0.2, -0.15) is 10.2 Å². The zero-order valence-electron chi connectivity index (χ0n) is 18.6. The lowest BCUT2D eigenvalue weighted by Gasteiger charge is -2.03. The number of nitrogens with zero attached hydrogens (tertiary/aromatic N) is 4. The molecule has 34 heavy (non-hydrogen) atoms. The number of azo groups is 2. The van der Waals surface area contributed by atoms with Gasteiger partial charge in [0.05, 0.1) is 11.4 Å². The minimum atomic E-state index is -0.433. The predicted molar refractivity (Wildman–Crippen MR) is 129 cm³/mol. The predicted octanol–water partition coefficient (Wildman–Crippen LogP) is 6.89. The molecule has 0 bridgehead atoms. The molecule has 0 amide bonds. The van der Waals surface area contributed by atoms with Crippen LogP contribution in [0.3, 0.4) is 0 Å². The van der Waals surface area contributed by atoms with Crippen molar-refractivity contribution in [2.24, 2.45) is 20.5 Å². The SMILES string of the molecule is CC(=O)/C(N=Nc1ccc(N=N/C(C(C)=O)=C(\O)c2ccccc2)cc1)=C(/O)c1ccccc1. The molecule has 0 fully saturated rings. The number of Topliss-reactive ketones (excluding diaryl/α,β-unsaturated/α-hetero) is 2. The Morgan fingerprint density at radius 1 is 0.559 bits per heavy atom. The van der Waals surface area contributed by atoms with E-state index in [1.165, 1.54) is 13.8 Å². The molecule has 8 heteroatoms. The molecule has 0 aliphatic heterocycles. The van der Waals surface area contributed by atoms with Crippen LogP contribution < -0.4 is 0 Å². The van der Waals surface area contributed by atoms with Crippen molar-refractivity contribution in [3.05, 3.63) is 107 Å². The van der Waals surface area contributed by atoms with Crippen LogP contribution in [-0.4, -0.2) is 21.8 Å². The Morgan fingerprint density at radius 3 is 1.18 bits per heavy atom. The van der Waals surface area contributed by atoms with Crippen LogP contribution in [0.2, 0.25) is 0 Å². The van der Waals surface area contributed by atoms with Gasteiger partial charge in [0.15, 0.2) is 34.5 Å². The van der Waals surface area contributed by atoms with Gasteiger partial charge in [-0.3, -0.25) is 9.59 Å². The summed E-state index contributed by atoms with van der Waals surface area (Å²) >= 11 is 0. The number of hydrogen-bond donors (Lipinski definition) is 2. The number of benzene rings is 3. The number of aliphatic hydroxyl groups excluding tert-OH is 2. The first-order valence-corrected chi connectivity index (χ1v) is 10.3. The fourth-order valence-corrected chi connectivity index (χ4v) is 2.84. The van der Waals surface area contributed by atoms with Crippen LogP contribution in [0.5, 0.6) is 0 Å². The van der Waals surface area contributed by atoms with Crippen molar-refractivity contribution in [2.75, 3.05) is 0 Å². The third kappa shape index (κ3) is 6.17. The Hall–Kier alpha value is -4.72. The Balaban J connectivity index is 1.82. The summed E-state index contributed by atoms with van der Waals surface area (Å²) in [4.78, 5) is 23.9. The lowest BCUT2D eigenvalue weighted by molar-refractivity contribution is -0.114. The molecule has 8 nitrogen and oxygen atoms in total. The summed E-state index contributed by atoms with van der Waals surface area (Å²) in [7, 11) is 0. The smallest absolute Gasteiger partial charge is 0.183 e. The van der Waals surface area contributed by atoms with Gasteiger partial charge in [0.2, 0.25) is 0 Å². The van der Waals surface area contributed by atoms with Gasteiger partial charge >= 0.3 is 0 Å². The Kier molecular flexibility index (Phi) is 7.91. The van der Waals surface area contributed by atoms with E-state index in [1.54, 1.807) is 84.9 Å². The standard InChI is InChI=1S/C26H22N4O4/c1-17(31)23(25(33)19-9-5-3-6-10-19)29-27-21-13-15-22(16-14-21)28-30-24(18(2)32)26(34)20-11-7-4-8-12-20/h3-16,33-34H,1-2H3/b25-23-,26-24-,29-27?,30-28?. The molecule has 0 saturated carbocycles. The summed E-state index contributed by atoms with van der Waals surface area (Å²) in [5, 5.41) is 36.7. The lowest BCUT2D eigenvalue weighted by Crippen LogP contribution is -1.98. The van der Waals surface area contributed by atoms with Crippen LogP contribution in [0.25, 0.3) is 11.5 Å². The minimum Gasteiger partial charge on any atom is -0.505 e. The molecular formula is C26H22N4O4. The second-order valence-electron chi connectivity index (χ2n) is 7.16. The number of aliphatic hydroxyl groups is 2. The third-order valence-corrected chi connectivity index (χ3v) is 4.59. The Morgan fingerprint density at radius 2 is 0.882 bits per heavy atom. The topological polar surface area (TPSA) is 124 Å². The summed E-state index contributed by atoms with van der Waals surface area (Å²) < 4.78 is 0. The summed E-state index contributed by atoms with van der Waals surface area (Å²) in [6.45, 7) is 2.59. The second kappa shape index (κ2) is 11.2. The van der Waals surface area contributed by atoms with Crippen molar-refractivity contribution in [2.45, 2.75) is 13.8 Å². The lowest BCUT2D eigenvalue weighted by atomic mass is 10.1. The van der Waals surface area contributed by atoms with E-state index in [0.717, 1.165) is 0 Å². The molecule has 0 aliphatic carbocycles. The van der Waals surface area contributed by atoms with Crippen LogP contribution in [-0.2, 0) is 9.59 Å². The van der Waals surface area contributed by atoms with Crippen molar-refractivity contribution in [1.29, 1.82) is 0 Å². The van der Waals surface area contributed by atoms with E-state index >= 15 is 0 Å². The van der Waals surface area contributed by atoms with Gasteiger partial charge in [-0.15, -0.1) is 10.2 Å². The van der Waals surface area contributed by atoms with Gasteiger partial charge in [0.25, 0.3) is 0 Å². The van der Waals surface area contributed by atoms with Gasteiger partial charge in [-0.25, -0.2) is 0 Å². The number of carbonyl (C=O) groups excluding carboxylic acids is 2. The normalized spacial score (nSPS) is 13.0. The van der Waals surface area contributed by atoms with Crippen LogP contribution in [0.15, 0.2) is 117 Å². The van der Waals surface area contributed by atoms with Gasteiger partial charge in [0, 0.05) is 25.0 Å². The van der Waals surface area contributed by atoms with E-state index in [4.69, 9.17) is 0 Å². The molecule has 2 N–H and O–H groups in total. The maximum atomic E-state index is 11.9. The zero-order valence-corrected chi connectivity index (χ0v) is 18.6. The van der Waals surface area contributed by atoms with E-state index in [-0.39, 0.29) is 22.9 Å². The molecular weight excluding hydrogens is 432 g/mol. The summed E-state index contributed by atoms with van der Waals surface area (Å²) in [5.74, 6) is -1.39. The number of hydrogen-bond acceptors (Lipinski definition) is 8. The largest absolute Gasteiger partial charge is 0.505 e. The summed E-state index contributed by atoms with van der Waals surface area (Å²) in [5.41, 5.74) is 1.40. The maximum Gasteiger partial charge on any atom is 0.183 e. The van der Waals surface area contributed by atoms with E-state index < -0.39 is 11.6 Å². The highest BCUT2D eigenvalue weighted by molar-refractivity contribution is 5.99. The first kappa shape index (κ1) is 23.9. The first-order valence-electron chi connectivity index (χ1n) is 10.3. The van der Waals surface area contributed by atoms with Crippen molar-refractivity contribution in [1.82, 2.24) is 0 Å². The summed E-state index contributed by atoms with van der Waals surface area (Å²) in [6, 6.07) is 23.5. The minimum absolute atomic E-state index is 0.164. The van der Waals surface area contributed by atoms with Crippen molar-refractivity contribution >= 4 is 34.5 Å². The van der Waals surface area contributed by atoms with Gasteiger partial charge in [-0.05, 0) is 24.3 Å². The monoisotopic (exact) mass is 454 g/mol. The van der Waals surface area contributed by atoms with E-state index in [9.17, 15) is 19.8 Å². The fraction of sp³-hybridized carbons (Fsp3) is 0.0769. The zero-order chi connectivity index (χ0) is 24.5. The number of carbonyl (C=O) groups is 2. The van der Waals surface area contributed by atoms with Crippen LogP contribution in [0.4, 0.5) is 11.4 Å². The quantitative estimate of drug-likeness (QED) is 0.218. The van der Waals surface area contributed by atoms with Crippen LogP contribution >= 0.6 is 0 Å². The third-order valence-electron chi connectivity index (χ3n) is 4.59. The van der Waals surface area contributed by atoms with Gasteiger partial charge < -0.3 is 10.2 Å². The number of ketones is 2. The van der Waals surface area contributed by atoms with Crippen LogP contribution in [0.1, 0.15) is 25.0 Å². The maximum absolute atomic E-state index is 11.9. The Bertz CT molecular complexity index is 1190. The highest BCUT2D eigenvalue weighted by Gasteiger charge is 2.13. The van der Waals surface area contributed by atoms with Gasteiger partial charge in [-0.1, -0.05) is 60.7 Å². The van der Waals surface area contributed by atoms with E-state index in [1.807, 2.05) is 0 Å². The summed E-state index contributed by atoms with van der Waals surface area (Å²) in [6.07, 6.45) is 0. The molecule has 0 heterocycles. The first-order chi connectivity index (χ1) is 16.4. The molecule has 170 valence electrons. The fourth-order valence-electron chi connectivity index (χ4n) is 2.84. The van der Waals surface area contributed by atoms with Crippen molar-refractivity contribution in [3.63, 3.8) is 0 Å². The highest BCUT2D eigenvalue weighted by atomic mass is 16.3. The molecule has 0 saturated heterocycles. The molecule has 3 aromatic carbocycles. The van der Waals surface area contributed by atoms with Crippen molar-refractivity contribution in [3.8, 4) is 0 Å². The Labute approximate surface area is 196 Å². The average molecular weight is 454 g/mol. The molecule has 0 aliphatic rings. The molecule has 3 rings (SSSR count). The highest BCUT2D eigenvalue weighted by Crippen LogP contribution is 2.24. The second-order valence-corrected chi connectivity index (χ2v) is 7.16.